The standard InChI is InChI=1S/C21H15FN4O5/c22-16-5-1-13(2-6-16)20(28)24-17-7-3-14(4-8-17)21(29)25-23-12-15-11-18(26(30)31)9-10-19(15)27/h1-12,27H,(H,24,28)(H,25,29)/b23-12-. The first-order valence-electron chi connectivity index (χ1n) is 8.81. The van der Waals surface area contributed by atoms with Crippen LogP contribution in [0.15, 0.2) is 71.8 Å². The van der Waals surface area contributed by atoms with E-state index in [2.05, 4.69) is 15.8 Å². The minimum Gasteiger partial charge on any atom is -0.507 e. The number of rotatable bonds is 6. The molecule has 156 valence electrons. The largest absolute Gasteiger partial charge is 0.507 e. The minimum atomic E-state index is -0.619. The third-order valence-electron chi connectivity index (χ3n) is 4.10. The van der Waals surface area contributed by atoms with Crippen LogP contribution in [0.2, 0.25) is 0 Å². The summed E-state index contributed by atoms with van der Waals surface area (Å²) in [6.07, 6.45) is 1.08. The summed E-state index contributed by atoms with van der Waals surface area (Å²) in [7, 11) is 0. The lowest BCUT2D eigenvalue weighted by Gasteiger charge is -2.06. The number of nitro benzene ring substituents is 1. The number of nitro groups is 1. The van der Waals surface area contributed by atoms with Gasteiger partial charge < -0.3 is 10.4 Å². The zero-order valence-electron chi connectivity index (χ0n) is 15.8. The summed E-state index contributed by atoms with van der Waals surface area (Å²) < 4.78 is 12.9. The molecule has 3 N–H and O–H groups in total. The zero-order valence-corrected chi connectivity index (χ0v) is 15.8. The van der Waals surface area contributed by atoms with E-state index in [-0.39, 0.29) is 28.1 Å². The molecule has 0 spiro atoms. The van der Waals surface area contributed by atoms with E-state index in [1.165, 1.54) is 48.5 Å². The molecule has 0 unspecified atom stereocenters. The Morgan fingerprint density at radius 3 is 2.23 bits per heavy atom. The number of amides is 2. The van der Waals surface area contributed by atoms with E-state index in [1.54, 1.807) is 0 Å². The summed E-state index contributed by atoms with van der Waals surface area (Å²) in [4.78, 5) is 34.5. The number of hydrazone groups is 1. The second-order valence-corrected chi connectivity index (χ2v) is 6.24. The fourth-order valence-electron chi connectivity index (χ4n) is 2.49. The van der Waals surface area contributed by atoms with Crippen molar-refractivity contribution < 1.29 is 24.0 Å². The van der Waals surface area contributed by atoms with E-state index in [4.69, 9.17) is 0 Å². The normalized spacial score (nSPS) is 10.6. The Kier molecular flexibility index (Phi) is 6.31. The molecule has 3 aromatic carbocycles. The van der Waals surface area contributed by atoms with Gasteiger partial charge in [-0.25, -0.2) is 9.82 Å². The lowest BCUT2D eigenvalue weighted by molar-refractivity contribution is -0.384. The van der Waals surface area contributed by atoms with Crippen LogP contribution in [-0.4, -0.2) is 28.1 Å². The Labute approximate surface area is 175 Å². The van der Waals surface area contributed by atoms with Gasteiger partial charge in [-0.1, -0.05) is 0 Å². The van der Waals surface area contributed by atoms with E-state index in [0.29, 0.717) is 5.69 Å². The number of nitrogens with one attached hydrogen (secondary N) is 2. The van der Waals surface area contributed by atoms with Crippen molar-refractivity contribution in [1.82, 2.24) is 5.43 Å². The van der Waals surface area contributed by atoms with E-state index >= 15 is 0 Å². The van der Waals surface area contributed by atoms with E-state index < -0.39 is 22.6 Å². The number of aromatic hydroxyl groups is 1. The van der Waals surface area contributed by atoms with Gasteiger partial charge in [0.25, 0.3) is 17.5 Å². The van der Waals surface area contributed by atoms with E-state index in [1.807, 2.05) is 0 Å². The van der Waals surface area contributed by atoms with Gasteiger partial charge in [-0.3, -0.25) is 19.7 Å². The molecular formula is C21H15FN4O5. The molecule has 0 atom stereocenters. The second kappa shape index (κ2) is 9.27. The molecule has 2 amide bonds. The van der Waals surface area contributed by atoms with Crippen molar-refractivity contribution in [3.63, 3.8) is 0 Å². The average Bonchev–Trinajstić information content (AvgIpc) is 2.75. The predicted molar refractivity (Wildman–Crippen MR) is 111 cm³/mol. The van der Waals surface area contributed by atoms with Crippen LogP contribution in [0.4, 0.5) is 15.8 Å². The number of carbonyl (C=O) groups excluding carboxylic acids is 2. The van der Waals surface area contributed by atoms with E-state index in [0.717, 1.165) is 24.4 Å². The maximum absolute atomic E-state index is 12.9. The van der Waals surface area contributed by atoms with Crippen molar-refractivity contribution in [3.05, 3.63) is 99.4 Å². The van der Waals surface area contributed by atoms with Gasteiger partial charge in [0.15, 0.2) is 0 Å². The Balaban J connectivity index is 1.61. The number of carbonyl (C=O) groups is 2. The molecule has 0 aliphatic heterocycles. The van der Waals surface area contributed by atoms with Crippen LogP contribution in [0.1, 0.15) is 26.3 Å². The number of anilines is 1. The van der Waals surface area contributed by atoms with Crippen molar-refractivity contribution in [2.75, 3.05) is 5.32 Å². The van der Waals surface area contributed by atoms with Crippen molar-refractivity contribution in [3.8, 4) is 5.75 Å². The molecule has 0 fully saturated rings. The second-order valence-electron chi connectivity index (χ2n) is 6.24. The van der Waals surface area contributed by atoms with Crippen molar-refractivity contribution in [2.45, 2.75) is 0 Å². The highest BCUT2D eigenvalue weighted by Gasteiger charge is 2.10. The molecule has 31 heavy (non-hydrogen) atoms. The molecule has 0 bridgehead atoms. The van der Waals surface area contributed by atoms with Crippen LogP contribution in [0.5, 0.6) is 5.75 Å². The maximum atomic E-state index is 12.9. The predicted octanol–water partition coefficient (Wildman–Crippen LogP) is 3.46. The van der Waals surface area contributed by atoms with Crippen LogP contribution in [0.25, 0.3) is 0 Å². The summed E-state index contributed by atoms with van der Waals surface area (Å²) in [6.45, 7) is 0. The maximum Gasteiger partial charge on any atom is 0.271 e. The molecule has 10 heteroatoms. The number of halogens is 1. The number of hydrogen-bond donors (Lipinski definition) is 3. The first kappa shape index (κ1) is 21.1. The lowest BCUT2D eigenvalue weighted by Crippen LogP contribution is -2.18. The van der Waals surface area contributed by atoms with Crippen molar-refractivity contribution in [2.24, 2.45) is 5.10 Å². The summed E-state index contributed by atoms with van der Waals surface area (Å²) in [6, 6.07) is 14.4. The average molecular weight is 422 g/mol. The molecule has 0 radical (unpaired) electrons. The van der Waals surface area contributed by atoms with Gasteiger partial charge in [0.05, 0.1) is 11.1 Å². The monoisotopic (exact) mass is 422 g/mol. The molecule has 3 aromatic rings. The zero-order chi connectivity index (χ0) is 22.4. The molecule has 0 saturated carbocycles. The molecule has 0 aliphatic carbocycles. The Morgan fingerprint density at radius 1 is 0.968 bits per heavy atom. The summed E-state index contributed by atoms with van der Waals surface area (Å²) in [5, 5.41) is 26.8. The smallest absolute Gasteiger partial charge is 0.271 e. The SMILES string of the molecule is O=C(N/N=C\c1cc([N+](=O)[O-])ccc1O)c1ccc(NC(=O)c2ccc(F)cc2)cc1. The highest BCUT2D eigenvalue weighted by molar-refractivity contribution is 6.04. The van der Waals surface area contributed by atoms with Crippen molar-refractivity contribution >= 4 is 29.4 Å². The van der Waals surface area contributed by atoms with Gasteiger partial charge >= 0.3 is 0 Å². The number of benzene rings is 3. The fraction of sp³-hybridized carbons (Fsp3) is 0. The number of non-ortho nitro benzene ring substituents is 1. The topological polar surface area (TPSA) is 134 Å². The van der Waals surface area contributed by atoms with E-state index in [9.17, 15) is 29.2 Å². The van der Waals surface area contributed by atoms with Crippen LogP contribution in [0, 0.1) is 15.9 Å². The van der Waals surface area contributed by atoms with Gasteiger partial charge in [0.1, 0.15) is 11.6 Å². The molecule has 0 heterocycles. The van der Waals surface area contributed by atoms with Crippen LogP contribution >= 0.6 is 0 Å². The number of hydrogen-bond acceptors (Lipinski definition) is 6. The van der Waals surface area contributed by atoms with Gasteiger partial charge in [0.2, 0.25) is 0 Å². The quantitative estimate of drug-likeness (QED) is 0.318. The Bertz CT molecular complexity index is 1160. The van der Waals surface area contributed by atoms with Crippen molar-refractivity contribution in [1.29, 1.82) is 0 Å². The van der Waals surface area contributed by atoms with Gasteiger partial charge in [-0.05, 0) is 54.6 Å². The van der Waals surface area contributed by atoms with Gasteiger partial charge in [-0.15, -0.1) is 0 Å². The molecule has 0 aliphatic rings. The third kappa shape index (κ3) is 5.48. The number of nitrogens with zero attached hydrogens (tertiary/aromatic N) is 2. The fourth-order valence-corrected chi connectivity index (χ4v) is 2.49. The molecule has 0 aromatic heterocycles. The third-order valence-corrected chi connectivity index (χ3v) is 4.10. The van der Waals surface area contributed by atoms with Crippen LogP contribution < -0.4 is 10.7 Å². The summed E-state index contributed by atoms with van der Waals surface area (Å²) in [5.74, 6) is -1.68. The highest BCUT2D eigenvalue weighted by atomic mass is 19.1. The number of phenolic OH excluding ortho intramolecular Hbond substituents is 1. The lowest BCUT2D eigenvalue weighted by atomic mass is 10.1. The molecule has 9 nitrogen and oxygen atoms in total. The van der Waals surface area contributed by atoms with Gasteiger partial charge in [-0.2, -0.15) is 5.10 Å². The minimum absolute atomic E-state index is 0.0633. The number of phenols is 1. The van der Waals surface area contributed by atoms with Crippen LogP contribution in [-0.2, 0) is 0 Å². The highest BCUT2D eigenvalue weighted by Crippen LogP contribution is 2.21. The first-order valence-corrected chi connectivity index (χ1v) is 8.81. The Hall–Kier alpha value is -4.60. The van der Waals surface area contributed by atoms with Gasteiger partial charge in [0, 0.05) is 34.5 Å². The Morgan fingerprint density at radius 2 is 1.58 bits per heavy atom. The molecule has 0 saturated heterocycles. The molecular weight excluding hydrogens is 407 g/mol. The van der Waals surface area contributed by atoms with Crippen LogP contribution in [0.3, 0.4) is 0 Å². The first-order chi connectivity index (χ1) is 14.8. The summed E-state index contributed by atoms with van der Waals surface area (Å²) in [5.41, 5.74) is 3.01. The molecule has 3 rings (SSSR count). The summed E-state index contributed by atoms with van der Waals surface area (Å²) >= 11 is 0.